The van der Waals surface area contributed by atoms with Crippen molar-refractivity contribution in [2.45, 2.75) is 13.3 Å². The molecular weight excluding hydrogens is 240 g/mol. The van der Waals surface area contributed by atoms with Crippen LogP contribution in [-0.4, -0.2) is 11.5 Å². The minimum absolute atomic E-state index is 0.680. The number of aromatic nitrogens is 1. The quantitative estimate of drug-likeness (QED) is 0.848. The lowest BCUT2D eigenvalue weighted by atomic mass is 10.1. The Bertz CT molecular complexity index is 460. The Labute approximate surface area is 91.6 Å². The van der Waals surface area contributed by atoms with E-state index >= 15 is 0 Å². The van der Waals surface area contributed by atoms with Crippen molar-refractivity contribution in [1.82, 2.24) is 4.98 Å². The fourth-order valence-corrected chi connectivity index (χ4v) is 2.34. The first-order valence-electron chi connectivity index (χ1n) is 4.69. The molecule has 14 heavy (non-hydrogen) atoms. The minimum Gasteiger partial charge on any atom is -0.349 e. The van der Waals surface area contributed by atoms with E-state index in [4.69, 9.17) is 5.73 Å². The fraction of sp³-hybridized carbons (Fsp3) is 0.273. The van der Waals surface area contributed by atoms with Crippen LogP contribution in [0.15, 0.2) is 22.8 Å². The summed E-state index contributed by atoms with van der Waals surface area (Å²) in [7, 11) is 0. The van der Waals surface area contributed by atoms with Gasteiger partial charge in [-0.1, -0.05) is 11.6 Å². The van der Waals surface area contributed by atoms with Gasteiger partial charge in [0.15, 0.2) is 0 Å². The average molecular weight is 253 g/mol. The van der Waals surface area contributed by atoms with Gasteiger partial charge < -0.3 is 10.7 Å². The maximum absolute atomic E-state index is 5.58. The van der Waals surface area contributed by atoms with E-state index in [2.05, 4.69) is 46.0 Å². The number of hydrogen-bond donors (Lipinski definition) is 2. The molecule has 2 rings (SSSR count). The molecule has 1 heterocycles. The van der Waals surface area contributed by atoms with Crippen molar-refractivity contribution in [2.24, 2.45) is 5.73 Å². The molecule has 0 aliphatic heterocycles. The maximum atomic E-state index is 5.58. The number of nitrogens with one attached hydrogen (secondary N) is 1. The summed E-state index contributed by atoms with van der Waals surface area (Å²) in [5, 5.41) is 1.28. The topological polar surface area (TPSA) is 41.8 Å². The normalized spacial score (nSPS) is 11.1. The molecule has 0 amide bonds. The molecule has 0 bridgehead atoms. The first-order chi connectivity index (χ1) is 6.72. The third kappa shape index (κ3) is 1.57. The van der Waals surface area contributed by atoms with Gasteiger partial charge >= 0.3 is 0 Å². The number of fused-ring (bicyclic) bond motifs is 1. The molecule has 0 atom stereocenters. The Kier molecular flexibility index (Phi) is 2.61. The highest BCUT2D eigenvalue weighted by molar-refractivity contribution is 9.10. The number of hydrogen-bond acceptors (Lipinski definition) is 1. The molecule has 2 aromatic rings. The van der Waals surface area contributed by atoms with Gasteiger partial charge in [0.2, 0.25) is 0 Å². The number of aromatic amines is 1. The van der Waals surface area contributed by atoms with Crippen LogP contribution in [-0.2, 0) is 6.42 Å². The van der Waals surface area contributed by atoms with E-state index in [9.17, 15) is 0 Å². The molecule has 0 aliphatic rings. The average Bonchev–Trinajstić information content (AvgIpc) is 2.45. The Hall–Kier alpha value is -0.800. The van der Waals surface area contributed by atoms with E-state index in [1.807, 2.05) is 0 Å². The zero-order valence-electron chi connectivity index (χ0n) is 8.10. The van der Waals surface area contributed by atoms with Crippen molar-refractivity contribution < 1.29 is 0 Å². The van der Waals surface area contributed by atoms with E-state index in [0.29, 0.717) is 6.54 Å². The van der Waals surface area contributed by atoms with Crippen molar-refractivity contribution >= 4 is 26.8 Å². The van der Waals surface area contributed by atoms with Gasteiger partial charge in [-0.15, -0.1) is 0 Å². The Morgan fingerprint density at radius 1 is 1.43 bits per heavy atom. The van der Waals surface area contributed by atoms with Crippen molar-refractivity contribution in [3.63, 3.8) is 0 Å². The van der Waals surface area contributed by atoms with Gasteiger partial charge in [-0.25, -0.2) is 0 Å². The van der Waals surface area contributed by atoms with Crippen LogP contribution in [0.2, 0.25) is 0 Å². The summed E-state index contributed by atoms with van der Waals surface area (Å²) in [6.07, 6.45) is 0.907. The number of halogens is 1. The summed E-state index contributed by atoms with van der Waals surface area (Å²) in [5.74, 6) is 0. The molecule has 1 aromatic carbocycles. The molecular formula is C11H13BrN2. The van der Waals surface area contributed by atoms with Crippen LogP contribution < -0.4 is 5.73 Å². The summed E-state index contributed by atoms with van der Waals surface area (Å²) >= 11 is 3.52. The summed E-state index contributed by atoms with van der Waals surface area (Å²) < 4.78 is 1.06. The standard InChI is InChI=1S/C11H13BrN2/c1-7-2-3-10-9(6-7)8(4-5-13)11(12)14-10/h2-3,6,14H,4-5,13H2,1H3. The van der Waals surface area contributed by atoms with Gasteiger partial charge in [-0.05, 0) is 53.5 Å². The number of benzene rings is 1. The van der Waals surface area contributed by atoms with E-state index in [1.165, 1.54) is 22.0 Å². The third-order valence-electron chi connectivity index (χ3n) is 2.40. The fourth-order valence-electron chi connectivity index (χ4n) is 1.72. The first-order valence-corrected chi connectivity index (χ1v) is 5.48. The van der Waals surface area contributed by atoms with Gasteiger partial charge in [0.25, 0.3) is 0 Å². The molecule has 74 valence electrons. The summed E-state index contributed by atoms with van der Waals surface area (Å²) in [5.41, 5.74) is 9.32. The molecule has 3 heteroatoms. The van der Waals surface area contributed by atoms with Crippen molar-refractivity contribution in [2.75, 3.05) is 6.54 Å². The number of H-pyrrole nitrogens is 1. The lowest BCUT2D eigenvalue weighted by Gasteiger charge is -1.98. The Morgan fingerprint density at radius 3 is 2.93 bits per heavy atom. The van der Waals surface area contributed by atoms with E-state index in [1.54, 1.807) is 0 Å². The second-order valence-electron chi connectivity index (χ2n) is 3.51. The zero-order valence-corrected chi connectivity index (χ0v) is 9.69. The molecule has 2 nitrogen and oxygen atoms in total. The molecule has 1 aromatic heterocycles. The summed E-state index contributed by atoms with van der Waals surface area (Å²) in [4.78, 5) is 3.30. The molecule has 0 unspecified atom stereocenters. The largest absolute Gasteiger partial charge is 0.349 e. The molecule has 0 saturated carbocycles. The highest BCUT2D eigenvalue weighted by Gasteiger charge is 2.08. The second kappa shape index (κ2) is 3.75. The van der Waals surface area contributed by atoms with Crippen LogP contribution in [0.25, 0.3) is 10.9 Å². The zero-order chi connectivity index (χ0) is 10.1. The predicted octanol–water partition coefficient (Wildman–Crippen LogP) is 2.74. The minimum atomic E-state index is 0.680. The van der Waals surface area contributed by atoms with Gasteiger partial charge in [0.05, 0.1) is 4.60 Å². The smallest absolute Gasteiger partial charge is 0.0863 e. The summed E-state index contributed by atoms with van der Waals surface area (Å²) in [6.45, 7) is 2.78. The number of aryl methyl sites for hydroxylation is 1. The van der Waals surface area contributed by atoms with E-state index in [0.717, 1.165) is 11.0 Å². The Morgan fingerprint density at radius 2 is 2.21 bits per heavy atom. The van der Waals surface area contributed by atoms with E-state index in [-0.39, 0.29) is 0 Å². The Balaban J connectivity index is 2.66. The van der Waals surface area contributed by atoms with Crippen LogP contribution in [0.5, 0.6) is 0 Å². The summed E-state index contributed by atoms with van der Waals surface area (Å²) in [6, 6.07) is 6.41. The van der Waals surface area contributed by atoms with Gasteiger partial charge in [-0.3, -0.25) is 0 Å². The monoisotopic (exact) mass is 252 g/mol. The van der Waals surface area contributed by atoms with E-state index < -0.39 is 0 Å². The van der Waals surface area contributed by atoms with Crippen LogP contribution in [0, 0.1) is 6.92 Å². The molecule has 0 saturated heterocycles. The highest BCUT2D eigenvalue weighted by Crippen LogP contribution is 2.27. The van der Waals surface area contributed by atoms with Gasteiger partial charge in [0, 0.05) is 10.9 Å². The van der Waals surface area contributed by atoms with Crippen molar-refractivity contribution in [3.8, 4) is 0 Å². The van der Waals surface area contributed by atoms with Gasteiger partial charge in [0.1, 0.15) is 0 Å². The van der Waals surface area contributed by atoms with Crippen molar-refractivity contribution in [3.05, 3.63) is 33.9 Å². The van der Waals surface area contributed by atoms with Crippen LogP contribution in [0.1, 0.15) is 11.1 Å². The lowest BCUT2D eigenvalue weighted by Crippen LogP contribution is -2.02. The second-order valence-corrected chi connectivity index (χ2v) is 4.30. The van der Waals surface area contributed by atoms with Crippen LogP contribution >= 0.6 is 15.9 Å². The maximum Gasteiger partial charge on any atom is 0.0863 e. The third-order valence-corrected chi connectivity index (χ3v) is 3.08. The SMILES string of the molecule is Cc1ccc2[nH]c(Br)c(CCN)c2c1. The molecule has 3 N–H and O–H groups in total. The molecule has 0 spiro atoms. The number of rotatable bonds is 2. The first kappa shape index (κ1) is 9.74. The molecule has 0 fully saturated rings. The van der Waals surface area contributed by atoms with Crippen LogP contribution in [0.3, 0.4) is 0 Å². The lowest BCUT2D eigenvalue weighted by molar-refractivity contribution is 0.970. The van der Waals surface area contributed by atoms with Gasteiger partial charge in [-0.2, -0.15) is 0 Å². The highest BCUT2D eigenvalue weighted by atomic mass is 79.9. The molecule has 0 radical (unpaired) electrons. The van der Waals surface area contributed by atoms with Crippen molar-refractivity contribution in [1.29, 1.82) is 0 Å². The predicted molar refractivity (Wildman–Crippen MR) is 63.5 cm³/mol. The van der Waals surface area contributed by atoms with Crippen LogP contribution in [0.4, 0.5) is 0 Å². The number of nitrogens with two attached hydrogens (primary N) is 1. The molecule has 0 aliphatic carbocycles.